The lowest BCUT2D eigenvalue weighted by Crippen LogP contribution is -2.38. The van der Waals surface area contributed by atoms with Crippen molar-refractivity contribution in [3.8, 4) is 11.5 Å². The van der Waals surface area contributed by atoms with Crippen LogP contribution in [0, 0.1) is 0 Å². The fraction of sp³-hybridized carbons (Fsp3) is 0.222. The highest BCUT2D eigenvalue weighted by Crippen LogP contribution is 2.28. The van der Waals surface area contributed by atoms with Crippen LogP contribution < -0.4 is 24.4 Å². The van der Waals surface area contributed by atoms with Crippen molar-refractivity contribution in [1.29, 1.82) is 0 Å². The number of nitrogens with zero attached hydrogens (tertiary/aromatic N) is 2. The first-order chi connectivity index (χ1) is 17.0. The van der Waals surface area contributed by atoms with Crippen molar-refractivity contribution < 1.29 is 19.0 Å². The first-order valence-electron chi connectivity index (χ1n) is 11.1. The number of hydrogen-bond donors (Lipinski definition) is 0. The van der Waals surface area contributed by atoms with Gasteiger partial charge in [0.15, 0.2) is 16.3 Å². The van der Waals surface area contributed by atoms with Gasteiger partial charge in [0.2, 0.25) is 0 Å². The van der Waals surface area contributed by atoms with Gasteiger partial charge in [0, 0.05) is 0 Å². The Morgan fingerprint density at radius 2 is 1.83 bits per heavy atom. The molecule has 4 rings (SSSR count). The summed E-state index contributed by atoms with van der Waals surface area (Å²) in [4.78, 5) is 31.5. The molecule has 0 saturated heterocycles. The third-order valence-electron chi connectivity index (χ3n) is 5.54. The predicted octanol–water partition coefficient (Wildman–Crippen LogP) is 3.48. The molecule has 0 unspecified atom stereocenters. The van der Waals surface area contributed by atoms with Crippen molar-refractivity contribution in [1.82, 2.24) is 4.57 Å². The molecule has 180 valence electrons. The minimum Gasteiger partial charge on any atom is -0.493 e. The van der Waals surface area contributed by atoms with Gasteiger partial charge in [-0.15, -0.1) is 0 Å². The van der Waals surface area contributed by atoms with Crippen LogP contribution in [0.15, 0.2) is 75.7 Å². The van der Waals surface area contributed by atoms with E-state index in [1.807, 2.05) is 48.6 Å². The van der Waals surface area contributed by atoms with E-state index in [-0.39, 0.29) is 12.2 Å². The monoisotopic (exact) mass is 490 g/mol. The molecule has 2 heterocycles. The number of methoxy groups -OCH3 is 2. The molecule has 0 aliphatic carbocycles. The summed E-state index contributed by atoms with van der Waals surface area (Å²) < 4.78 is 18.0. The number of carbonyl (C=O) groups excluding carboxylic acids is 1. The Kier molecular flexibility index (Phi) is 7.31. The summed E-state index contributed by atoms with van der Waals surface area (Å²) in [5, 5.41) is 0. The molecular weight excluding hydrogens is 464 g/mol. The maximum Gasteiger partial charge on any atom is 0.338 e. The van der Waals surface area contributed by atoms with Gasteiger partial charge in [-0.3, -0.25) is 9.36 Å². The second-order valence-electron chi connectivity index (χ2n) is 7.73. The van der Waals surface area contributed by atoms with Crippen molar-refractivity contribution >= 4 is 29.5 Å². The first-order valence-corrected chi connectivity index (χ1v) is 11.9. The molecule has 2 aromatic carbocycles. The van der Waals surface area contributed by atoms with E-state index in [0.717, 1.165) is 11.1 Å². The SMILES string of the molecule is CCOC(=O)C1=C(C)N=c2s/c(=C\c3ccc(OC)c(OC)c3)c(=O)n2[C@@H]1/C=C/c1ccccc1. The molecule has 0 radical (unpaired) electrons. The molecule has 0 fully saturated rings. The van der Waals surface area contributed by atoms with Gasteiger partial charge in [-0.2, -0.15) is 0 Å². The van der Waals surface area contributed by atoms with Crippen LogP contribution in [-0.4, -0.2) is 31.4 Å². The summed E-state index contributed by atoms with van der Waals surface area (Å²) in [5.74, 6) is 0.690. The standard InChI is InChI=1S/C27H26N2O5S/c1-5-34-26(31)24-17(2)28-27-29(20(24)13-11-18-9-7-6-8-10-18)25(30)23(35-27)16-19-12-14-21(32-3)22(15-19)33-4/h6-16,20H,5H2,1-4H3/b13-11+,23-16-/t20-/m1/s1. The molecule has 1 atom stereocenters. The molecule has 1 aliphatic heterocycles. The van der Waals surface area contributed by atoms with E-state index < -0.39 is 12.0 Å². The lowest BCUT2D eigenvalue weighted by Gasteiger charge is -2.21. The van der Waals surface area contributed by atoms with E-state index in [1.165, 1.54) is 11.3 Å². The zero-order valence-electron chi connectivity index (χ0n) is 20.0. The molecule has 0 N–H and O–H groups in total. The normalized spacial score (nSPS) is 15.7. The molecule has 0 bridgehead atoms. The number of benzene rings is 2. The molecule has 8 heteroatoms. The number of hydrogen-bond acceptors (Lipinski definition) is 7. The number of esters is 1. The summed E-state index contributed by atoms with van der Waals surface area (Å²) >= 11 is 1.27. The smallest absolute Gasteiger partial charge is 0.338 e. The summed E-state index contributed by atoms with van der Waals surface area (Å²) in [5.41, 5.74) is 2.39. The van der Waals surface area contributed by atoms with Crippen LogP contribution >= 0.6 is 11.3 Å². The van der Waals surface area contributed by atoms with Gasteiger partial charge in [-0.05, 0) is 43.2 Å². The van der Waals surface area contributed by atoms with Crippen molar-refractivity contribution in [2.24, 2.45) is 4.99 Å². The molecule has 0 saturated carbocycles. The second kappa shape index (κ2) is 10.6. The van der Waals surface area contributed by atoms with Crippen LogP contribution in [0.3, 0.4) is 0 Å². The van der Waals surface area contributed by atoms with Crippen LogP contribution in [0.1, 0.15) is 31.0 Å². The second-order valence-corrected chi connectivity index (χ2v) is 8.74. The van der Waals surface area contributed by atoms with Gasteiger partial charge in [-0.25, -0.2) is 9.79 Å². The Hall–Kier alpha value is -3.91. The van der Waals surface area contributed by atoms with E-state index in [1.54, 1.807) is 50.8 Å². The minimum absolute atomic E-state index is 0.231. The Labute approximate surface area is 206 Å². The number of ether oxygens (including phenoxy) is 3. The molecule has 0 amide bonds. The van der Waals surface area contributed by atoms with Gasteiger partial charge in [0.25, 0.3) is 5.56 Å². The van der Waals surface area contributed by atoms with Crippen molar-refractivity contribution in [2.75, 3.05) is 20.8 Å². The Morgan fingerprint density at radius 1 is 1.09 bits per heavy atom. The zero-order chi connectivity index (χ0) is 24.9. The first kappa shape index (κ1) is 24.2. The third-order valence-corrected chi connectivity index (χ3v) is 6.52. The fourth-order valence-electron chi connectivity index (χ4n) is 3.88. The van der Waals surface area contributed by atoms with Gasteiger partial charge in [-0.1, -0.05) is 59.9 Å². The van der Waals surface area contributed by atoms with Crippen LogP contribution in [0.25, 0.3) is 12.2 Å². The minimum atomic E-state index is -0.641. The molecule has 0 spiro atoms. The quantitative estimate of drug-likeness (QED) is 0.474. The summed E-state index contributed by atoms with van der Waals surface area (Å²) in [6, 6.07) is 14.5. The van der Waals surface area contributed by atoms with Crippen LogP contribution in [0.2, 0.25) is 0 Å². The molecule has 35 heavy (non-hydrogen) atoms. The highest BCUT2D eigenvalue weighted by molar-refractivity contribution is 7.07. The lowest BCUT2D eigenvalue weighted by molar-refractivity contribution is -0.139. The molecule has 1 aromatic heterocycles. The number of thiazole rings is 1. The summed E-state index contributed by atoms with van der Waals surface area (Å²) in [7, 11) is 3.14. The zero-order valence-corrected chi connectivity index (χ0v) is 20.8. The van der Waals surface area contributed by atoms with Gasteiger partial charge < -0.3 is 14.2 Å². The lowest BCUT2D eigenvalue weighted by atomic mass is 10.0. The predicted molar refractivity (Wildman–Crippen MR) is 136 cm³/mol. The number of fused-ring (bicyclic) bond motifs is 1. The number of allylic oxidation sites excluding steroid dienone is 2. The van der Waals surface area contributed by atoms with Crippen LogP contribution in [0.4, 0.5) is 0 Å². The number of rotatable bonds is 7. The van der Waals surface area contributed by atoms with Gasteiger partial charge in [0.1, 0.15) is 0 Å². The average molecular weight is 491 g/mol. The third kappa shape index (κ3) is 4.97. The van der Waals surface area contributed by atoms with E-state index in [2.05, 4.69) is 4.99 Å². The largest absolute Gasteiger partial charge is 0.493 e. The molecule has 3 aromatic rings. The molecular formula is C27H26N2O5S. The Bertz CT molecular complexity index is 1480. The highest BCUT2D eigenvalue weighted by atomic mass is 32.1. The fourth-order valence-corrected chi connectivity index (χ4v) is 4.93. The Balaban J connectivity index is 1.86. The van der Waals surface area contributed by atoms with Crippen molar-refractivity contribution in [3.05, 3.63) is 96.7 Å². The average Bonchev–Trinajstić information content (AvgIpc) is 3.17. The summed E-state index contributed by atoms with van der Waals surface area (Å²) in [6.07, 6.45) is 5.53. The van der Waals surface area contributed by atoms with E-state index in [4.69, 9.17) is 14.2 Å². The number of carbonyl (C=O) groups is 1. The van der Waals surface area contributed by atoms with E-state index >= 15 is 0 Å². The number of aromatic nitrogens is 1. The highest BCUT2D eigenvalue weighted by Gasteiger charge is 2.30. The maximum absolute atomic E-state index is 13.6. The topological polar surface area (TPSA) is 79.1 Å². The van der Waals surface area contributed by atoms with E-state index in [0.29, 0.717) is 32.1 Å². The van der Waals surface area contributed by atoms with Gasteiger partial charge >= 0.3 is 5.97 Å². The van der Waals surface area contributed by atoms with Crippen LogP contribution in [-0.2, 0) is 9.53 Å². The molecule has 1 aliphatic rings. The van der Waals surface area contributed by atoms with E-state index in [9.17, 15) is 9.59 Å². The van der Waals surface area contributed by atoms with Gasteiger partial charge in [0.05, 0.1) is 42.7 Å². The van der Waals surface area contributed by atoms with Crippen molar-refractivity contribution in [3.63, 3.8) is 0 Å². The maximum atomic E-state index is 13.6. The van der Waals surface area contributed by atoms with Crippen LogP contribution in [0.5, 0.6) is 11.5 Å². The Morgan fingerprint density at radius 3 is 2.51 bits per heavy atom. The summed E-state index contributed by atoms with van der Waals surface area (Å²) in [6.45, 7) is 3.75. The van der Waals surface area contributed by atoms with Crippen molar-refractivity contribution in [2.45, 2.75) is 19.9 Å². The molecule has 7 nitrogen and oxygen atoms in total.